The van der Waals surface area contributed by atoms with Crippen molar-refractivity contribution in [3.8, 4) is 0 Å². The van der Waals surface area contributed by atoms with Gasteiger partial charge in [-0.05, 0) is 42.8 Å². The van der Waals surface area contributed by atoms with Gasteiger partial charge in [0.1, 0.15) is 5.82 Å². The minimum absolute atomic E-state index is 0.156. The summed E-state index contributed by atoms with van der Waals surface area (Å²) in [5.41, 5.74) is 3.89. The third kappa shape index (κ3) is 4.02. The van der Waals surface area contributed by atoms with Gasteiger partial charge in [0, 0.05) is 54.0 Å². The quantitative estimate of drug-likeness (QED) is 0.337. The highest BCUT2D eigenvalue weighted by Gasteiger charge is 2.16. The number of rotatable bonds is 6. The fourth-order valence-electron chi connectivity index (χ4n) is 3.66. The fourth-order valence-corrected chi connectivity index (χ4v) is 3.66. The van der Waals surface area contributed by atoms with E-state index in [1.54, 1.807) is 60.7 Å². The Morgan fingerprint density at radius 3 is 2.62 bits per heavy atom. The average molecular weight is 451 g/mol. The van der Waals surface area contributed by atoms with E-state index in [0.717, 1.165) is 28.0 Å². The van der Waals surface area contributed by atoms with Crippen LogP contribution in [-0.4, -0.2) is 41.4 Å². The van der Waals surface area contributed by atoms with Crippen molar-refractivity contribution in [2.45, 2.75) is 6.92 Å². The van der Waals surface area contributed by atoms with Gasteiger partial charge in [0.05, 0.1) is 11.2 Å². The zero-order chi connectivity index (χ0) is 23.7. The lowest BCUT2D eigenvalue weighted by Gasteiger charge is -2.10. The predicted octanol–water partition coefficient (Wildman–Crippen LogP) is 3.98. The molecule has 168 valence electrons. The van der Waals surface area contributed by atoms with Crippen LogP contribution in [0.5, 0.6) is 0 Å². The van der Waals surface area contributed by atoms with Crippen LogP contribution in [0.4, 0.5) is 5.69 Å². The van der Waals surface area contributed by atoms with Gasteiger partial charge in [0.25, 0.3) is 5.91 Å². The number of ketones is 1. The highest BCUT2D eigenvalue weighted by atomic mass is 16.2. The Morgan fingerprint density at radius 2 is 1.85 bits per heavy atom. The van der Waals surface area contributed by atoms with Crippen molar-refractivity contribution in [3.63, 3.8) is 0 Å². The molecule has 2 aromatic carbocycles. The van der Waals surface area contributed by atoms with Gasteiger partial charge in [0.15, 0.2) is 11.6 Å². The van der Waals surface area contributed by atoms with Gasteiger partial charge in [0.2, 0.25) is 0 Å². The number of imidazole rings is 2. The molecule has 0 aliphatic rings. The van der Waals surface area contributed by atoms with Crippen LogP contribution in [0.25, 0.3) is 23.1 Å². The molecule has 5 rings (SSSR count). The summed E-state index contributed by atoms with van der Waals surface area (Å²) < 4.78 is 1.64. The van der Waals surface area contributed by atoms with E-state index < -0.39 is 0 Å². The Morgan fingerprint density at radius 1 is 1.03 bits per heavy atom. The number of nitrogens with zero attached hydrogens (tertiary/aromatic N) is 4. The number of aromatic nitrogens is 6. The molecular weight excluding hydrogens is 430 g/mol. The Hall–Kier alpha value is -4.79. The number of hydrogen-bond donors (Lipinski definition) is 3. The van der Waals surface area contributed by atoms with Crippen LogP contribution in [0.1, 0.15) is 43.6 Å². The number of amides is 1. The van der Waals surface area contributed by atoms with Gasteiger partial charge < -0.3 is 14.9 Å². The zero-order valence-electron chi connectivity index (χ0n) is 18.5. The second-order valence-electron chi connectivity index (χ2n) is 7.85. The molecule has 34 heavy (non-hydrogen) atoms. The number of aromatic amines is 2. The van der Waals surface area contributed by atoms with Crippen molar-refractivity contribution >= 4 is 40.4 Å². The molecule has 0 unspecified atom stereocenters. The molecule has 0 saturated heterocycles. The lowest BCUT2D eigenvalue weighted by Crippen LogP contribution is -2.17. The van der Waals surface area contributed by atoms with E-state index in [-0.39, 0.29) is 17.5 Å². The van der Waals surface area contributed by atoms with Crippen LogP contribution in [0.3, 0.4) is 0 Å². The molecule has 3 aromatic heterocycles. The molecule has 0 atom stereocenters. The first-order valence-electron chi connectivity index (χ1n) is 10.6. The Balaban J connectivity index is 1.39. The molecule has 0 bridgehead atoms. The minimum Gasteiger partial charge on any atom is -0.345 e. The topological polar surface area (TPSA) is 121 Å². The lowest BCUT2D eigenvalue weighted by atomic mass is 10.00. The monoisotopic (exact) mass is 451 g/mol. The van der Waals surface area contributed by atoms with Gasteiger partial charge in [-0.1, -0.05) is 18.2 Å². The Bertz CT molecular complexity index is 1540. The normalized spacial score (nSPS) is 11.4. The summed E-state index contributed by atoms with van der Waals surface area (Å²) >= 11 is 0. The first-order valence-corrected chi connectivity index (χ1v) is 10.6. The number of benzene rings is 2. The number of nitrogens with one attached hydrogen (secondary N) is 3. The van der Waals surface area contributed by atoms with Crippen LogP contribution >= 0.6 is 0 Å². The molecule has 0 fully saturated rings. The SMILES string of the molecule is Cc1ccc(C(=O)c2ccc3c(/C=C/c4ncc[nH]4)n[nH]c3c2)cc1NC(=O)c1nccn1C. The standard InChI is InChI=1S/C25H21N7O2/c1-15-3-4-16(13-20(15)29-25(34)24-28-11-12-32(24)2)23(33)17-5-6-18-19(30-31-21(18)14-17)7-8-22-26-9-10-27-22/h3-14H,1-2H3,(H,26,27)(H,29,34)(H,30,31)/b8-7+. The van der Waals surface area contributed by atoms with E-state index in [2.05, 4.69) is 30.5 Å². The van der Waals surface area contributed by atoms with Crippen molar-refractivity contribution < 1.29 is 9.59 Å². The third-order valence-electron chi connectivity index (χ3n) is 5.55. The fraction of sp³-hybridized carbons (Fsp3) is 0.0800. The summed E-state index contributed by atoms with van der Waals surface area (Å²) in [6.45, 7) is 1.87. The second-order valence-corrected chi connectivity index (χ2v) is 7.85. The highest BCUT2D eigenvalue weighted by molar-refractivity contribution is 6.12. The van der Waals surface area contributed by atoms with Crippen molar-refractivity contribution in [2.75, 3.05) is 5.32 Å². The van der Waals surface area contributed by atoms with Gasteiger partial charge in [-0.15, -0.1) is 0 Å². The predicted molar refractivity (Wildman–Crippen MR) is 129 cm³/mol. The first-order chi connectivity index (χ1) is 16.5. The number of carbonyl (C=O) groups is 2. The van der Waals surface area contributed by atoms with Crippen molar-refractivity contribution in [1.82, 2.24) is 29.7 Å². The maximum Gasteiger partial charge on any atom is 0.291 e. The maximum atomic E-state index is 13.2. The van der Waals surface area contributed by atoms with Gasteiger partial charge >= 0.3 is 0 Å². The molecule has 0 aliphatic carbocycles. The van der Waals surface area contributed by atoms with Gasteiger partial charge in [-0.25, -0.2) is 9.97 Å². The van der Waals surface area contributed by atoms with Crippen LogP contribution in [0.15, 0.2) is 61.2 Å². The molecule has 9 heteroatoms. The number of fused-ring (bicyclic) bond motifs is 1. The van der Waals surface area contributed by atoms with Crippen molar-refractivity contribution in [3.05, 3.63) is 95.2 Å². The van der Waals surface area contributed by atoms with Crippen LogP contribution in [0.2, 0.25) is 0 Å². The smallest absolute Gasteiger partial charge is 0.291 e. The van der Waals surface area contributed by atoms with E-state index in [9.17, 15) is 9.59 Å². The van der Waals surface area contributed by atoms with Crippen LogP contribution in [-0.2, 0) is 7.05 Å². The molecule has 3 N–H and O–H groups in total. The third-order valence-corrected chi connectivity index (χ3v) is 5.55. The van der Waals surface area contributed by atoms with E-state index in [1.165, 1.54) is 0 Å². The largest absolute Gasteiger partial charge is 0.345 e. The van der Waals surface area contributed by atoms with Crippen LogP contribution < -0.4 is 5.32 Å². The van der Waals surface area contributed by atoms with Gasteiger partial charge in [-0.2, -0.15) is 5.10 Å². The summed E-state index contributed by atoms with van der Waals surface area (Å²) in [7, 11) is 1.75. The molecule has 0 spiro atoms. The number of H-pyrrole nitrogens is 2. The lowest BCUT2D eigenvalue weighted by molar-refractivity contribution is 0.101. The Kier molecular flexibility index (Phi) is 5.35. The molecule has 0 radical (unpaired) electrons. The van der Waals surface area contributed by atoms with E-state index >= 15 is 0 Å². The van der Waals surface area contributed by atoms with Crippen molar-refractivity contribution in [1.29, 1.82) is 0 Å². The molecule has 1 amide bonds. The summed E-state index contributed by atoms with van der Waals surface area (Å²) in [5.74, 6) is 0.525. The molecule has 5 aromatic rings. The zero-order valence-corrected chi connectivity index (χ0v) is 18.5. The summed E-state index contributed by atoms with van der Waals surface area (Å²) in [6, 6.07) is 10.7. The number of aryl methyl sites for hydroxylation is 2. The van der Waals surface area contributed by atoms with Crippen LogP contribution in [0, 0.1) is 6.92 Å². The van der Waals surface area contributed by atoms with E-state index in [0.29, 0.717) is 16.8 Å². The van der Waals surface area contributed by atoms with Crippen molar-refractivity contribution in [2.24, 2.45) is 7.05 Å². The molecule has 0 saturated carbocycles. The molecule has 9 nitrogen and oxygen atoms in total. The Labute approximate surface area is 194 Å². The summed E-state index contributed by atoms with van der Waals surface area (Å²) in [6.07, 6.45) is 10.4. The van der Waals surface area contributed by atoms with E-state index in [1.807, 2.05) is 31.2 Å². The second kappa shape index (κ2) is 8.62. The number of carbonyl (C=O) groups excluding carboxylic acids is 2. The summed E-state index contributed by atoms with van der Waals surface area (Å²) in [4.78, 5) is 37.0. The number of hydrogen-bond acceptors (Lipinski definition) is 5. The maximum absolute atomic E-state index is 13.2. The molecular formula is C25H21N7O2. The van der Waals surface area contributed by atoms with E-state index in [4.69, 9.17) is 0 Å². The summed E-state index contributed by atoms with van der Waals surface area (Å²) in [5, 5.41) is 11.1. The average Bonchev–Trinajstić information content (AvgIpc) is 3.59. The first kappa shape index (κ1) is 21.1. The molecule has 3 heterocycles. The minimum atomic E-state index is -0.339. The highest BCUT2D eigenvalue weighted by Crippen LogP contribution is 2.23. The number of anilines is 1. The molecule has 0 aliphatic heterocycles. The van der Waals surface area contributed by atoms with Gasteiger partial charge in [-0.3, -0.25) is 14.7 Å².